The van der Waals surface area contributed by atoms with Crippen LogP contribution >= 0.6 is 22.9 Å². The summed E-state index contributed by atoms with van der Waals surface area (Å²) < 4.78 is 5.38. The van der Waals surface area contributed by atoms with Gasteiger partial charge in [0.05, 0.1) is 24.0 Å². The molecule has 1 aromatic heterocycles. The molecule has 0 spiro atoms. The first-order chi connectivity index (χ1) is 15.8. The molecule has 9 heteroatoms. The second-order valence-corrected chi connectivity index (χ2v) is 9.42. The van der Waals surface area contributed by atoms with E-state index in [-0.39, 0.29) is 23.2 Å². The van der Waals surface area contributed by atoms with Crippen molar-refractivity contribution in [3.8, 4) is 5.75 Å². The molecule has 0 radical (unpaired) electrons. The van der Waals surface area contributed by atoms with E-state index in [1.807, 2.05) is 38.1 Å². The van der Waals surface area contributed by atoms with Gasteiger partial charge in [0.25, 0.3) is 11.8 Å². The van der Waals surface area contributed by atoms with E-state index in [2.05, 4.69) is 16.0 Å². The highest BCUT2D eigenvalue weighted by Crippen LogP contribution is 2.40. The van der Waals surface area contributed by atoms with Crippen LogP contribution in [0.4, 0.5) is 22.1 Å². The van der Waals surface area contributed by atoms with Gasteiger partial charge < -0.3 is 26.4 Å². The molecule has 1 saturated carbocycles. The third kappa shape index (κ3) is 4.91. The predicted molar refractivity (Wildman–Crippen MR) is 134 cm³/mol. The van der Waals surface area contributed by atoms with Crippen LogP contribution in [-0.4, -0.2) is 25.0 Å². The third-order valence-electron chi connectivity index (χ3n) is 5.41. The number of anilines is 4. The van der Waals surface area contributed by atoms with Gasteiger partial charge in [-0.15, -0.1) is 11.3 Å². The van der Waals surface area contributed by atoms with Crippen LogP contribution < -0.4 is 26.4 Å². The van der Waals surface area contributed by atoms with Gasteiger partial charge in [0.1, 0.15) is 15.6 Å². The highest BCUT2D eigenvalue weighted by atomic mass is 35.5. The number of ether oxygens (including phenoxy) is 1. The van der Waals surface area contributed by atoms with Gasteiger partial charge in [0.15, 0.2) is 0 Å². The molecule has 0 bridgehead atoms. The van der Waals surface area contributed by atoms with Gasteiger partial charge in [-0.1, -0.05) is 29.8 Å². The summed E-state index contributed by atoms with van der Waals surface area (Å²) in [4.78, 5) is 26.5. The second kappa shape index (κ2) is 9.33. The number of halogens is 1. The van der Waals surface area contributed by atoms with Crippen LogP contribution in [0.3, 0.4) is 0 Å². The van der Waals surface area contributed by atoms with Crippen LogP contribution in [0.25, 0.3) is 0 Å². The maximum atomic E-state index is 13.4. The van der Waals surface area contributed by atoms with Gasteiger partial charge in [-0.3, -0.25) is 9.59 Å². The molecule has 33 heavy (non-hydrogen) atoms. The lowest BCUT2D eigenvalue weighted by molar-refractivity contribution is 0.0955. The Kier molecular flexibility index (Phi) is 6.49. The van der Waals surface area contributed by atoms with Crippen LogP contribution in [0.2, 0.25) is 5.02 Å². The van der Waals surface area contributed by atoms with Crippen LogP contribution in [0, 0.1) is 13.8 Å². The minimum atomic E-state index is -0.453. The summed E-state index contributed by atoms with van der Waals surface area (Å²) in [7, 11) is 1.50. The average molecular weight is 485 g/mol. The smallest absolute Gasteiger partial charge is 0.263 e. The summed E-state index contributed by atoms with van der Waals surface area (Å²) in [6, 6.07) is 11.2. The molecule has 4 rings (SSSR count). The molecule has 7 nitrogen and oxygen atoms in total. The van der Waals surface area contributed by atoms with E-state index in [9.17, 15) is 9.59 Å². The van der Waals surface area contributed by atoms with Crippen molar-refractivity contribution in [1.29, 1.82) is 0 Å². The number of benzene rings is 2. The molecule has 5 N–H and O–H groups in total. The number of rotatable bonds is 7. The average Bonchev–Trinajstić information content (AvgIpc) is 3.53. The largest absolute Gasteiger partial charge is 0.495 e. The number of thiophene rings is 1. The van der Waals surface area contributed by atoms with Gasteiger partial charge >= 0.3 is 0 Å². The highest BCUT2D eigenvalue weighted by Gasteiger charge is 2.30. The normalized spacial score (nSPS) is 12.8. The Labute approximate surface area is 201 Å². The van der Waals surface area contributed by atoms with E-state index in [0.29, 0.717) is 26.3 Å². The van der Waals surface area contributed by atoms with Gasteiger partial charge in [-0.25, -0.2) is 0 Å². The van der Waals surface area contributed by atoms with E-state index in [1.165, 1.54) is 7.11 Å². The molecule has 1 fully saturated rings. The van der Waals surface area contributed by atoms with Crippen molar-refractivity contribution in [2.45, 2.75) is 32.7 Å². The van der Waals surface area contributed by atoms with Crippen LogP contribution in [0.15, 0.2) is 36.4 Å². The lowest BCUT2D eigenvalue weighted by Crippen LogP contribution is -2.25. The summed E-state index contributed by atoms with van der Waals surface area (Å²) in [5.41, 5.74) is 9.77. The summed E-state index contributed by atoms with van der Waals surface area (Å²) in [5, 5.41) is 10.1. The Bertz CT molecular complexity index is 1240. The van der Waals surface area contributed by atoms with Crippen molar-refractivity contribution in [3.05, 3.63) is 63.0 Å². The number of nitrogen functional groups attached to an aromatic ring is 1. The zero-order valence-corrected chi connectivity index (χ0v) is 20.1. The summed E-state index contributed by atoms with van der Waals surface area (Å²) >= 11 is 7.35. The van der Waals surface area contributed by atoms with E-state index in [1.54, 1.807) is 12.1 Å². The third-order valence-corrected chi connectivity index (χ3v) is 6.94. The van der Waals surface area contributed by atoms with Gasteiger partial charge in [-0.2, -0.15) is 0 Å². The SMILES string of the molecule is COc1cc(Cl)c(C)cc1NC(=O)c1c(Nc2ccccc2C)sc(C(=O)NC2CC2)c1N. The van der Waals surface area contributed by atoms with Crippen molar-refractivity contribution < 1.29 is 14.3 Å². The van der Waals surface area contributed by atoms with Gasteiger partial charge in [0.2, 0.25) is 0 Å². The molecule has 0 unspecified atom stereocenters. The minimum absolute atomic E-state index is 0.136. The quantitative estimate of drug-likeness (QED) is 0.354. The molecular weight excluding hydrogens is 460 g/mol. The number of aryl methyl sites for hydroxylation is 2. The first kappa shape index (κ1) is 22.9. The topological polar surface area (TPSA) is 105 Å². The van der Waals surface area contributed by atoms with Gasteiger partial charge in [-0.05, 0) is 49.9 Å². The van der Waals surface area contributed by atoms with Crippen molar-refractivity contribution >= 4 is 56.8 Å². The molecule has 3 aromatic rings. The number of nitrogens with one attached hydrogen (secondary N) is 3. The Balaban J connectivity index is 1.72. The van der Waals surface area contributed by atoms with E-state index in [4.69, 9.17) is 22.1 Å². The Morgan fingerprint density at radius 3 is 2.48 bits per heavy atom. The molecule has 2 amide bonds. The Morgan fingerprint density at radius 1 is 1.09 bits per heavy atom. The molecular formula is C24H25ClN4O3S. The minimum Gasteiger partial charge on any atom is -0.495 e. The number of para-hydroxylation sites is 1. The fourth-order valence-corrected chi connectivity index (χ4v) is 4.54. The maximum Gasteiger partial charge on any atom is 0.263 e. The first-order valence-electron chi connectivity index (χ1n) is 10.5. The Hall–Kier alpha value is -3.23. The molecule has 1 heterocycles. The molecule has 0 saturated heterocycles. The van der Waals surface area contributed by atoms with Gasteiger partial charge in [0, 0.05) is 22.8 Å². The van der Waals surface area contributed by atoms with Crippen LogP contribution in [-0.2, 0) is 0 Å². The summed E-state index contributed by atoms with van der Waals surface area (Å²) in [5.74, 6) is -0.301. The van der Waals surface area contributed by atoms with Crippen molar-refractivity contribution in [1.82, 2.24) is 5.32 Å². The first-order valence-corrected chi connectivity index (χ1v) is 11.7. The predicted octanol–water partition coefficient (Wildman–Crippen LogP) is 5.50. The number of methoxy groups -OCH3 is 1. The standard InChI is InChI=1S/C24H25ClN4O3S/c1-12-6-4-5-7-16(12)29-24-19(20(26)21(33-24)23(31)27-14-8-9-14)22(30)28-17-10-13(2)15(25)11-18(17)32-3/h4-7,10-11,14,29H,8-9,26H2,1-3H3,(H,27,31)(H,28,30). The number of nitrogens with two attached hydrogens (primary N) is 1. The summed E-state index contributed by atoms with van der Waals surface area (Å²) in [6.07, 6.45) is 1.91. The molecule has 0 aliphatic heterocycles. The molecule has 2 aromatic carbocycles. The van der Waals surface area contributed by atoms with Crippen LogP contribution in [0.1, 0.15) is 44.0 Å². The fourth-order valence-electron chi connectivity index (χ4n) is 3.35. The van der Waals surface area contributed by atoms with Crippen molar-refractivity contribution in [3.63, 3.8) is 0 Å². The Morgan fingerprint density at radius 2 is 1.82 bits per heavy atom. The summed E-state index contributed by atoms with van der Waals surface area (Å²) in [6.45, 7) is 3.79. The maximum absolute atomic E-state index is 13.4. The molecule has 1 aliphatic carbocycles. The number of hydrogen-bond donors (Lipinski definition) is 4. The molecule has 1 aliphatic rings. The molecule has 0 atom stereocenters. The van der Waals surface area contributed by atoms with Crippen LogP contribution in [0.5, 0.6) is 5.75 Å². The van der Waals surface area contributed by atoms with Crippen molar-refractivity contribution in [2.24, 2.45) is 0 Å². The number of amides is 2. The lowest BCUT2D eigenvalue weighted by atomic mass is 10.1. The number of hydrogen-bond acceptors (Lipinski definition) is 6. The van der Waals surface area contributed by atoms with Crippen molar-refractivity contribution in [2.75, 3.05) is 23.5 Å². The lowest BCUT2D eigenvalue weighted by Gasteiger charge is -2.14. The highest BCUT2D eigenvalue weighted by molar-refractivity contribution is 7.19. The second-order valence-electron chi connectivity index (χ2n) is 7.99. The fraction of sp³-hybridized carbons (Fsp3) is 0.250. The monoisotopic (exact) mass is 484 g/mol. The number of carbonyl (C=O) groups is 2. The van der Waals surface area contributed by atoms with E-state index >= 15 is 0 Å². The zero-order valence-electron chi connectivity index (χ0n) is 18.5. The van der Waals surface area contributed by atoms with E-state index < -0.39 is 5.91 Å². The zero-order chi connectivity index (χ0) is 23.7. The number of carbonyl (C=O) groups excluding carboxylic acids is 2. The molecule has 172 valence electrons. The van der Waals surface area contributed by atoms with E-state index in [0.717, 1.165) is 41.0 Å².